The minimum absolute atomic E-state index is 0. The van der Waals surface area contributed by atoms with Gasteiger partial charge in [-0.25, -0.2) is 9.97 Å². The largest absolute Gasteiger partial charge is 0.394 e. The number of hydrogen-bond acceptors (Lipinski definition) is 6. The SMILES string of the molecule is Cl.OC[C@H]1OC(c2ncc3cc[nH]c3n2)[C@H](O)[C@@H]1O. The summed E-state index contributed by atoms with van der Waals surface area (Å²) in [7, 11) is 0. The Hall–Kier alpha value is -1.25. The van der Waals surface area contributed by atoms with Crippen molar-refractivity contribution >= 4 is 23.4 Å². The van der Waals surface area contributed by atoms with E-state index < -0.39 is 24.4 Å². The molecular formula is C11H14ClN3O4. The van der Waals surface area contributed by atoms with Crippen molar-refractivity contribution in [2.24, 2.45) is 0 Å². The van der Waals surface area contributed by atoms with Gasteiger partial charge in [0.15, 0.2) is 5.82 Å². The summed E-state index contributed by atoms with van der Waals surface area (Å²) in [5.41, 5.74) is 0.637. The maximum absolute atomic E-state index is 9.86. The number of nitrogens with one attached hydrogen (secondary N) is 1. The van der Waals surface area contributed by atoms with Crippen LogP contribution in [0.4, 0.5) is 0 Å². The summed E-state index contributed by atoms with van der Waals surface area (Å²) < 4.78 is 5.36. The number of halogens is 1. The van der Waals surface area contributed by atoms with Crippen LogP contribution in [0.3, 0.4) is 0 Å². The smallest absolute Gasteiger partial charge is 0.162 e. The average molecular weight is 288 g/mol. The van der Waals surface area contributed by atoms with Crippen molar-refractivity contribution in [1.29, 1.82) is 0 Å². The van der Waals surface area contributed by atoms with Crippen molar-refractivity contribution < 1.29 is 20.1 Å². The third-order valence-electron chi connectivity index (χ3n) is 3.12. The van der Waals surface area contributed by atoms with E-state index >= 15 is 0 Å². The molecule has 1 aliphatic heterocycles. The van der Waals surface area contributed by atoms with Gasteiger partial charge in [0.25, 0.3) is 0 Å². The Morgan fingerprint density at radius 1 is 1.32 bits per heavy atom. The molecule has 8 heteroatoms. The number of rotatable bonds is 2. The van der Waals surface area contributed by atoms with Crippen molar-refractivity contribution in [3.05, 3.63) is 24.3 Å². The number of aromatic nitrogens is 3. The number of hydrogen-bond donors (Lipinski definition) is 4. The molecule has 1 saturated heterocycles. The summed E-state index contributed by atoms with van der Waals surface area (Å²) in [6, 6.07) is 1.83. The predicted molar refractivity (Wildman–Crippen MR) is 67.9 cm³/mol. The molecule has 1 unspecified atom stereocenters. The van der Waals surface area contributed by atoms with Gasteiger partial charge in [-0.1, -0.05) is 0 Å². The van der Waals surface area contributed by atoms with Crippen LogP contribution in [-0.2, 0) is 4.74 Å². The highest BCUT2D eigenvalue weighted by atomic mass is 35.5. The molecule has 104 valence electrons. The van der Waals surface area contributed by atoms with Crippen LogP contribution in [0.25, 0.3) is 11.0 Å². The zero-order chi connectivity index (χ0) is 12.7. The lowest BCUT2D eigenvalue weighted by Gasteiger charge is -2.12. The number of ether oxygens (including phenoxy) is 1. The summed E-state index contributed by atoms with van der Waals surface area (Å²) in [5, 5.41) is 29.4. The molecule has 1 aliphatic rings. The molecule has 3 rings (SSSR count). The molecule has 0 aliphatic carbocycles. The Labute approximate surface area is 114 Å². The molecule has 3 heterocycles. The van der Waals surface area contributed by atoms with E-state index in [9.17, 15) is 10.2 Å². The molecule has 0 aromatic carbocycles. The lowest BCUT2D eigenvalue weighted by molar-refractivity contribution is -0.0252. The fourth-order valence-corrected chi connectivity index (χ4v) is 2.10. The van der Waals surface area contributed by atoms with E-state index in [0.29, 0.717) is 5.65 Å². The average Bonchev–Trinajstić information content (AvgIpc) is 2.95. The third kappa shape index (κ3) is 2.31. The molecule has 0 bridgehead atoms. The number of aliphatic hydroxyl groups is 3. The molecule has 0 saturated carbocycles. The van der Waals surface area contributed by atoms with Crippen LogP contribution in [0.1, 0.15) is 11.9 Å². The van der Waals surface area contributed by atoms with E-state index in [1.165, 1.54) is 0 Å². The van der Waals surface area contributed by atoms with Crippen LogP contribution in [-0.4, -0.2) is 55.2 Å². The van der Waals surface area contributed by atoms with Gasteiger partial charge in [-0.05, 0) is 6.07 Å². The zero-order valence-electron chi connectivity index (χ0n) is 9.80. The molecule has 19 heavy (non-hydrogen) atoms. The molecule has 2 aromatic heterocycles. The van der Waals surface area contributed by atoms with Crippen molar-refractivity contribution in [3.8, 4) is 0 Å². The van der Waals surface area contributed by atoms with Gasteiger partial charge in [0, 0.05) is 17.8 Å². The minimum Gasteiger partial charge on any atom is -0.394 e. The molecule has 0 spiro atoms. The van der Waals surface area contributed by atoms with Gasteiger partial charge in [-0.3, -0.25) is 0 Å². The van der Waals surface area contributed by atoms with Crippen molar-refractivity contribution in [1.82, 2.24) is 15.0 Å². The van der Waals surface area contributed by atoms with Gasteiger partial charge in [0.2, 0.25) is 0 Å². The van der Waals surface area contributed by atoms with Crippen LogP contribution in [0.2, 0.25) is 0 Å². The molecule has 1 fully saturated rings. The van der Waals surface area contributed by atoms with Gasteiger partial charge in [0.1, 0.15) is 30.1 Å². The second kappa shape index (κ2) is 5.40. The number of H-pyrrole nitrogens is 1. The fraction of sp³-hybridized carbons (Fsp3) is 0.455. The predicted octanol–water partition coefficient (Wildman–Crippen LogP) is -0.466. The second-order valence-corrected chi connectivity index (χ2v) is 4.27. The monoisotopic (exact) mass is 287 g/mol. The van der Waals surface area contributed by atoms with E-state index in [1.54, 1.807) is 12.4 Å². The van der Waals surface area contributed by atoms with E-state index in [4.69, 9.17) is 9.84 Å². The molecule has 0 radical (unpaired) electrons. The Morgan fingerprint density at radius 2 is 2.11 bits per heavy atom. The van der Waals surface area contributed by atoms with Gasteiger partial charge >= 0.3 is 0 Å². The summed E-state index contributed by atoms with van der Waals surface area (Å²) in [5.74, 6) is 0.285. The van der Waals surface area contributed by atoms with Crippen LogP contribution in [0, 0.1) is 0 Å². The number of aromatic amines is 1. The normalized spacial score (nSPS) is 30.5. The zero-order valence-corrected chi connectivity index (χ0v) is 10.6. The molecule has 7 nitrogen and oxygen atoms in total. The molecule has 2 aromatic rings. The highest BCUT2D eigenvalue weighted by Gasteiger charge is 2.44. The van der Waals surface area contributed by atoms with Gasteiger partial charge in [0.05, 0.1) is 6.61 Å². The molecular weight excluding hydrogens is 274 g/mol. The molecule has 0 amide bonds. The fourth-order valence-electron chi connectivity index (χ4n) is 2.10. The molecule has 4 N–H and O–H groups in total. The number of nitrogens with zero attached hydrogens (tertiary/aromatic N) is 2. The van der Waals surface area contributed by atoms with Crippen LogP contribution < -0.4 is 0 Å². The van der Waals surface area contributed by atoms with Crippen LogP contribution in [0.15, 0.2) is 18.5 Å². The minimum atomic E-state index is -1.14. The second-order valence-electron chi connectivity index (χ2n) is 4.27. The van der Waals surface area contributed by atoms with E-state index in [-0.39, 0.29) is 24.8 Å². The van der Waals surface area contributed by atoms with Gasteiger partial charge < -0.3 is 25.0 Å². The lowest BCUT2D eigenvalue weighted by atomic mass is 10.1. The summed E-state index contributed by atoms with van der Waals surface area (Å²) >= 11 is 0. The summed E-state index contributed by atoms with van der Waals surface area (Å²) in [6.45, 7) is -0.362. The summed E-state index contributed by atoms with van der Waals surface area (Å²) in [4.78, 5) is 11.3. The quantitative estimate of drug-likeness (QED) is 0.594. The maximum atomic E-state index is 9.86. The highest BCUT2D eigenvalue weighted by Crippen LogP contribution is 2.31. The lowest BCUT2D eigenvalue weighted by Crippen LogP contribution is -2.32. The van der Waals surface area contributed by atoms with Crippen molar-refractivity contribution in [3.63, 3.8) is 0 Å². The Morgan fingerprint density at radius 3 is 2.79 bits per heavy atom. The third-order valence-corrected chi connectivity index (χ3v) is 3.12. The first kappa shape index (κ1) is 14.2. The maximum Gasteiger partial charge on any atom is 0.162 e. The first-order chi connectivity index (χ1) is 8.70. The van der Waals surface area contributed by atoms with Crippen LogP contribution in [0.5, 0.6) is 0 Å². The Kier molecular flexibility index (Phi) is 4.02. The van der Waals surface area contributed by atoms with Crippen molar-refractivity contribution in [2.75, 3.05) is 6.61 Å². The van der Waals surface area contributed by atoms with Gasteiger partial charge in [-0.15, -0.1) is 12.4 Å². The van der Waals surface area contributed by atoms with Crippen molar-refractivity contribution in [2.45, 2.75) is 24.4 Å². The Bertz CT molecular complexity index is 564. The van der Waals surface area contributed by atoms with E-state index in [1.807, 2.05) is 6.07 Å². The summed E-state index contributed by atoms with van der Waals surface area (Å²) in [6.07, 6.45) is -0.570. The van der Waals surface area contributed by atoms with Gasteiger partial charge in [-0.2, -0.15) is 0 Å². The highest BCUT2D eigenvalue weighted by molar-refractivity contribution is 5.85. The van der Waals surface area contributed by atoms with E-state index in [0.717, 1.165) is 5.39 Å². The topological polar surface area (TPSA) is 111 Å². The number of fused-ring (bicyclic) bond motifs is 1. The van der Waals surface area contributed by atoms with Crippen LogP contribution >= 0.6 is 12.4 Å². The number of aliphatic hydroxyl groups excluding tert-OH is 3. The first-order valence-electron chi connectivity index (χ1n) is 5.63. The van der Waals surface area contributed by atoms with E-state index in [2.05, 4.69) is 15.0 Å². The standard InChI is InChI=1S/C11H13N3O4.ClH/c15-4-6-7(16)8(17)9(18-6)11-13-3-5-1-2-12-10(5)14-11;/h1-3,6-9,15-17H,4H2,(H,12,13,14);1H/t6-,7-,8-,9?;/m1./s1. The Balaban J connectivity index is 0.00000133. The molecule has 4 atom stereocenters. The first-order valence-corrected chi connectivity index (χ1v) is 5.63.